The van der Waals surface area contributed by atoms with Gasteiger partial charge in [0, 0.05) is 34.8 Å². The fraction of sp³-hybridized carbons (Fsp3) is 0.586. The van der Waals surface area contributed by atoms with Gasteiger partial charge in [-0.15, -0.1) is 6.42 Å². The molecule has 2 aromatic heterocycles. The fourth-order valence-electron chi connectivity index (χ4n) is 5.79. The van der Waals surface area contributed by atoms with Crippen LogP contribution in [0.5, 0.6) is 0 Å². The number of nitrogens with two attached hydrogens (primary N) is 1. The van der Waals surface area contributed by atoms with Crippen molar-refractivity contribution >= 4 is 61.6 Å². The number of ether oxygens (including phenoxy) is 7. The molecule has 4 rings (SSSR count). The first-order valence-corrected chi connectivity index (χ1v) is 19.9. The summed E-state index contributed by atoms with van der Waals surface area (Å²) in [5.74, 6) is -1.44. The van der Waals surface area contributed by atoms with Crippen LogP contribution in [0.15, 0.2) is 18.5 Å². The lowest BCUT2D eigenvalue weighted by Crippen LogP contribution is -2.64. The second-order valence-corrected chi connectivity index (χ2v) is 16.2. The van der Waals surface area contributed by atoms with Crippen molar-refractivity contribution in [2.45, 2.75) is 88.4 Å². The van der Waals surface area contributed by atoms with Crippen LogP contribution in [0.25, 0.3) is 5.52 Å². The number of phosphoric acid groups is 1. The largest absolute Gasteiger partial charge is 0.481 e. The number of aliphatic hydroxyl groups is 2. The van der Waals surface area contributed by atoms with Crippen molar-refractivity contribution in [2.24, 2.45) is 0 Å². The van der Waals surface area contributed by atoms with Crippen LogP contribution < -0.4 is 5.73 Å². The summed E-state index contributed by atoms with van der Waals surface area (Å²) in [5, 5.41) is 26.5. The highest BCUT2D eigenvalue weighted by Gasteiger charge is 2.59. The molecule has 2 saturated heterocycles. The summed E-state index contributed by atoms with van der Waals surface area (Å²) in [6.07, 6.45) is -9.17. The van der Waals surface area contributed by atoms with Crippen LogP contribution in [0.3, 0.4) is 0 Å². The van der Waals surface area contributed by atoms with Crippen LogP contribution in [0.2, 0.25) is 0 Å². The number of rotatable bonds is 15. The first kappa shape index (κ1) is 44.1. The summed E-state index contributed by atoms with van der Waals surface area (Å²) in [4.78, 5) is 73.0. The number of nitrogens with zero attached hydrogens (tertiary/aromatic N) is 3. The van der Waals surface area contributed by atoms with E-state index in [1.165, 1.54) is 18.0 Å². The Bertz CT molecular complexity index is 1910. The normalized spacial score (nSPS) is 30.6. The first-order valence-electron chi connectivity index (χ1n) is 15.8. The zero-order valence-corrected chi connectivity index (χ0v) is 32.2. The summed E-state index contributed by atoms with van der Waals surface area (Å²) >= 11 is 4.93. The third kappa shape index (κ3) is 10.2. The monoisotopic (exact) mass is 840 g/mol. The number of fused-ring (bicyclic) bond motifs is 1. The molecule has 0 saturated carbocycles. The Morgan fingerprint density at radius 2 is 1.73 bits per heavy atom. The lowest BCUT2D eigenvalue weighted by Gasteiger charge is -2.44. The van der Waals surface area contributed by atoms with E-state index in [2.05, 4.69) is 16.0 Å². The highest BCUT2D eigenvalue weighted by atomic mass is 32.5. The number of carbonyl (C=O) groups is 4. The van der Waals surface area contributed by atoms with E-state index < -0.39 is 112 Å². The number of hydrogen-bond donors (Lipinski definition) is 5. The molecule has 7 unspecified atom stereocenters. The van der Waals surface area contributed by atoms with Crippen molar-refractivity contribution in [1.82, 2.24) is 14.6 Å². The molecule has 12 atom stereocenters. The van der Waals surface area contributed by atoms with Gasteiger partial charge < -0.3 is 63.4 Å². The molecule has 2 aliphatic rings. The number of carbonyl (C=O) groups excluding carboxylic acids is 4. The van der Waals surface area contributed by atoms with Gasteiger partial charge in [-0.2, -0.15) is 5.10 Å². The molecule has 2 fully saturated rings. The number of methoxy groups -OCH3 is 1. The van der Waals surface area contributed by atoms with Crippen molar-refractivity contribution < 1.29 is 90.3 Å². The average Bonchev–Trinajstić information content (AvgIpc) is 3.63. The Hall–Kier alpha value is -3.66. The Kier molecular flexibility index (Phi) is 14.1. The zero-order valence-electron chi connectivity index (χ0n) is 29.6. The Morgan fingerprint density at radius 3 is 2.31 bits per heavy atom. The topological polar surface area (TPSA) is 315 Å². The van der Waals surface area contributed by atoms with Crippen LogP contribution in [0.4, 0.5) is 5.82 Å². The molecule has 2 aliphatic heterocycles. The molecule has 6 N–H and O–H groups in total. The van der Waals surface area contributed by atoms with Crippen molar-refractivity contribution in [3.8, 4) is 12.3 Å². The fourth-order valence-corrected chi connectivity index (χ4v) is 8.88. The minimum absolute atomic E-state index is 0.120. The standard InChI is InChI=1S/C29H38N4O19P2S/c1-7-29(43-6)25(39)20(49-26(29)17-8-9-18-27(30)31-12-32-33(17)18)11-45-54(42,55)52-53(40,41)51-28-24(48-16(5)37)23(47-15(4)36)21(38)22(50-28)19(46-14(3)35)10-44-13(2)34/h1,8-9,12,19-26,28,38-39H,10-11H2,2-6H3,(H,40,41)(H,42,55)(H2,30,31,32)/t19-,20+,21?,22?,23?,24?,25+,26-,28?,29+,54?/m0/s1. The molecule has 2 aromatic rings. The Balaban J connectivity index is 1.56. The van der Waals surface area contributed by atoms with Crippen molar-refractivity contribution in [3.63, 3.8) is 0 Å². The van der Waals surface area contributed by atoms with Gasteiger partial charge in [-0.25, -0.2) is 18.4 Å². The van der Waals surface area contributed by atoms with Crippen LogP contribution >= 0.6 is 14.5 Å². The van der Waals surface area contributed by atoms with Gasteiger partial charge in [0.05, 0.1) is 12.3 Å². The van der Waals surface area contributed by atoms with Crippen molar-refractivity contribution in [1.29, 1.82) is 0 Å². The number of hydrogen-bond acceptors (Lipinski definition) is 21. The van der Waals surface area contributed by atoms with E-state index in [4.69, 9.17) is 70.5 Å². The molecule has 0 aromatic carbocycles. The van der Waals surface area contributed by atoms with Gasteiger partial charge in [0.2, 0.25) is 6.29 Å². The molecule has 0 radical (unpaired) electrons. The first-order chi connectivity index (χ1) is 25.6. The van der Waals surface area contributed by atoms with Gasteiger partial charge >= 0.3 is 38.4 Å². The third-order valence-corrected chi connectivity index (χ3v) is 11.5. The van der Waals surface area contributed by atoms with Crippen LogP contribution in [0.1, 0.15) is 39.5 Å². The minimum atomic E-state index is -5.71. The Labute approximate surface area is 317 Å². The number of esters is 4. The van der Waals surface area contributed by atoms with Gasteiger partial charge in [0.15, 0.2) is 29.7 Å². The predicted octanol–water partition coefficient (Wildman–Crippen LogP) is -1.06. The number of aliphatic hydroxyl groups excluding tert-OH is 2. The van der Waals surface area contributed by atoms with Gasteiger partial charge in [-0.1, -0.05) is 5.92 Å². The molecular formula is C29H38N4O19P2S. The highest BCUT2D eigenvalue weighted by molar-refractivity contribution is 8.08. The van der Waals surface area contributed by atoms with Gasteiger partial charge in [-0.3, -0.25) is 23.7 Å². The second-order valence-electron chi connectivity index (χ2n) is 11.8. The summed E-state index contributed by atoms with van der Waals surface area (Å²) < 4.78 is 67.2. The maximum Gasteiger partial charge on any atom is 0.481 e. The van der Waals surface area contributed by atoms with Crippen LogP contribution in [0, 0.1) is 12.3 Å². The lowest BCUT2D eigenvalue weighted by molar-refractivity contribution is -0.299. The van der Waals surface area contributed by atoms with Gasteiger partial charge in [-0.05, 0) is 23.9 Å². The van der Waals surface area contributed by atoms with Crippen LogP contribution in [-0.2, 0) is 82.1 Å². The third-order valence-electron chi connectivity index (χ3n) is 7.98. The van der Waals surface area contributed by atoms with Crippen molar-refractivity contribution in [3.05, 3.63) is 24.2 Å². The summed E-state index contributed by atoms with van der Waals surface area (Å²) in [5.41, 5.74) is 4.70. The van der Waals surface area contributed by atoms with E-state index in [1.807, 2.05) is 0 Å². The smallest absolute Gasteiger partial charge is 0.462 e. The maximum absolute atomic E-state index is 13.4. The SMILES string of the molecule is C#C[C@@]1(OC)[C@H](O)[C@@H](COP(O)(=S)OP(=O)(O)OC2OC([C@H](COC(C)=O)OC(C)=O)C(O)C(OC(C)=O)C2OC(C)=O)O[C@H]1c1ccc2c(N)ncnn12. The van der Waals surface area contributed by atoms with E-state index in [-0.39, 0.29) is 11.5 Å². The molecule has 0 spiro atoms. The molecule has 4 heterocycles. The van der Waals surface area contributed by atoms with Gasteiger partial charge in [0.1, 0.15) is 49.0 Å². The van der Waals surface area contributed by atoms with E-state index in [0.29, 0.717) is 5.52 Å². The minimum Gasteiger partial charge on any atom is -0.462 e. The van der Waals surface area contributed by atoms with E-state index in [9.17, 15) is 43.7 Å². The molecular weight excluding hydrogens is 802 g/mol. The summed E-state index contributed by atoms with van der Waals surface area (Å²) in [7, 11) is -4.50. The number of terminal acetylenes is 1. The molecule has 55 heavy (non-hydrogen) atoms. The Morgan fingerprint density at radius 1 is 1.07 bits per heavy atom. The molecule has 23 nitrogen and oxygen atoms in total. The lowest BCUT2D eigenvalue weighted by atomic mass is 9.89. The molecule has 0 amide bonds. The van der Waals surface area contributed by atoms with Gasteiger partial charge in [0.25, 0.3) is 0 Å². The maximum atomic E-state index is 13.4. The molecule has 0 bridgehead atoms. The summed E-state index contributed by atoms with van der Waals surface area (Å²) in [6, 6.07) is 3.11. The predicted molar refractivity (Wildman–Crippen MR) is 182 cm³/mol. The number of nitrogen functional groups attached to an aromatic ring is 1. The van der Waals surface area contributed by atoms with E-state index in [1.54, 1.807) is 12.1 Å². The number of aromatic nitrogens is 3. The number of anilines is 1. The molecule has 304 valence electrons. The van der Waals surface area contributed by atoms with E-state index in [0.717, 1.165) is 27.7 Å². The molecule has 0 aliphatic carbocycles. The second kappa shape index (κ2) is 17.6. The average molecular weight is 841 g/mol. The zero-order chi connectivity index (χ0) is 41.0. The van der Waals surface area contributed by atoms with Crippen molar-refractivity contribution in [2.75, 3.05) is 26.1 Å². The summed E-state index contributed by atoms with van der Waals surface area (Å²) in [6.45, 7) is -2.65. The molecule has 26 heteroatoms. The number of phosphoric ester groups is 1. The van der Waals surface area contributed by atoms with E-state index >= 15 is 0 Å². The van der Waals surface area contributed by atoms with Crippen LogP contribution in [-0.4, -0.2) is 133 Å². The highest BCUT2D eigenvalue weighted by Crippen LogP contribution is 2.62. The quantitative estimate of drug-likeness (QED) is 0.0618.